The molecular weight excluding hydrogens is 408 g/mol. The molecule has 25 heavy (non-hydrogen) atoms. The molecule has 0 saturated carbocycles. The van der Waals surface area contributed by atoms with Crippen molar-refractivity contribution < 1.29 is 19.1 Å². The van der Waals surface area contributed by atoms with Gasteiger partial charge in [0, 0.05) is 23.1 Å². The molecule has 0 unspecified atom stereocenters. The Morgan fingerprint density at radius 2 is 2.08 bits per heavy atom. The summed E-state index contributed by atoms with van der Waals surface area (Å²) in [6, 6.07) is 6.69. The molecule has 0 spiro atoms. The predicted octanol–water partition coefficient (Wildman–Crippen LogP) is 2.21. The fourth-order valence-electron chi connectivity index (χ4n) is 2.67. The number of rotatable bonds is 7. The van der Waals surface area contributed by atoms with E-state index in [1.54, 1.807) is 16.7 Å². The number of hydrogen-bond acceptors (Lipinski definition) is 5. The van der Waals surface area contributed by atoms with Crippen molar-refractivity contribution in [3.05, 3.63) is 28.7 Å². The van der Waals surface area contributed by atoms with Crippen LogP contribution in [0, 0.1) is 5.92 Å². The maximum absolute atomic E-state index is 12.5. The van der Waals surface area contributed by atoms with Gasteiger partial charge in [0.05, 0.1) is 13.0 Å². The second-order valence-electron chi connectivity index (χ2n) is 5.75. The van der Waals surface area contributed by atoms with E-state index < -0.39 is 17.9 Å². The molecule has 8 heteroatoms. The number of anilines is 1. The third kappa shape index (κ3) is 5.22. The molecule has 0 aromatic heterocycles. The Bertz CT molecular complexity index is 638. The van der Waals surface area contributed by atoms with Crippen molar-refractivity contribution in [2.24, 2.45) is 5.92 Å². The first kappa shape index (κ1) is 19.8. The molecule has 1 N–H and O–H groups in total. The molecular formula is C17H21BrN2O4S. The van der Waals surface area contributed by atoms with E-state index in [9.17, 15) is 14.4 Å². The monoisotopic (exact) mass is 428 g/mol. The number of carbonyl (C=O) groups is 3. The van der Waals surface area contributed by atoms with E-state index in [0.29, 0.717) is 13.0 Å². The van der Waals surface area contributed by atoms with E-state index in [0.717, 1.165) is 15.9 Å². The Labute approximate surface area is 159 Å². The first-order valence-corrected chi connectivity index (χ1v) is 10.1. The minimum absolute atomic E-state index is 0.0961. The molecule has 0 aliphatic carbocycles. The number of thioether (sulfide) groups is 1. The lowest BCUT2D eigenvalue weighted by Gasteiger charge is -2.19. The summed E-state index contributed by atoms with van der Waals surface area (Å²) in [5.74, 6) is -0.589. The number of carbonyl (C=O) groups excluding carboxylic acids is 3. The summed E-state index contributed by atoms with van der Waals surface area (Å²) in [5, 5.41) is 2.73. The van der Waals surface area contributed by atoms with Crippen LogP contribution in [-0.2, 0) is 19.1 Å². The molecule has 2 rings (SSSR count). The molecule has 1 aromatic rings. The van der Waals surface area contributed by atoms with Crippen molar-refractivity contribution >= 4 is 51.2 Å². The van der Waals surface area contributed by atoms with Gasteiger partial charge in [0.15, 0.2) is 0 Å². The van der Waals surface area contributed by atoms with Crippen LogP contribution in [0.25, 0.3) is 0 Å². The second kappa shape index (κ2) is 9.24. The van der Waals surface area contributed by atoms with Crippen LogP contribution in [0.15, 0.2) is 28.7 Å². The molecule has 1 aromatic carbocycles. The number of nitrogens with zero attached hydrogens (tertiary/aromatic N) is 1. The van der Waals surface area contributed by atoms with Crippen LogP contribution in [0.2, 0.25) is 0 Å². The third-order valence-electron chi connectivity index (χ3n) is 4.05. The minimum Gasteiger partial charge on any atom is -0.467 e. The third-order valence-corrected chi connectivity index (χ3v) is 5.22. The van der Waals surface area contributed by atoms with Crippen molar-refractivity contribution in [3.8, 4) is 0 Å². The molecule has 2 amide bonds. The average Bonchev–Trinajstić information content (AvgIpc) is 3.00. The fraction of sp³-hybridized carbons (Fsp3) is 0.471. The highest BCUT2D eigenvalue weighted by molar-refractivity contribution is 9.10. The van der Waals surface area contributed by atoms with Gasteiger partial charge < -0.3 is 15.0 Å². The van der Waals surface area contributed by atoms with Crippen molar-refractivity contribution in [2.75, 3.05) is 30.6 Å². The van der Waals surface area contributed by atoms with Gasteiger partial charge in [-0.2, -0.15) is 11.8 Å². The topological polar surface area (TPSA) is 75.7 Å². The van der Waals surface area contributed by atoms with Gasteiger partial charge in [-0.1, -0.05) is 15.9 Å². The predicted molar refractivity (Wildman–Crippen MR) is 102 cm³/mol. The van der Waals surface area contributed by atoms with E-state index in [1.807, 2.05) is 30.5 Å². The van der Waals surface area contributed by atoms with Crippen molar-refractivity contribution in [1.29, 1.82) is 0 Å². The maximum atomic E-state index is 12.5. The molecule has 0 bridgehead atoms. The number of esters is 1. The Kier molecular flexibility index (Phi) is 7.31. The van der Waals surface area contributed by atoms with Crippen molar-refractivity contribution in [1.82, 2.24) is 5.32 Å². The summed E-state index contributed by atoms with van der Waals surface area (Å²) < 4.78 is 5.67. The normalized spacial score (nSPS) is 18.1. The van der Waals surface area contributed by atoms with Crippen molar-refractivity contribution in [3.63, 3.8) is 0 Å². The number of hydrogen-bond donors (Lipinski definition) is 1. The Morgan fingerprint density at radius 1 is 1.40 bits per heavy atom. The first-order valence-electron chi connectivity index (χ1n) is 7.89. The molecule has 1 heterocycles. The molecule has 2 atom stereocenters. The van der Waals surface area contributed by atoms with Crippen LogP contribution in [-0.4, -0.2) is 49.5 Å². The highest BCUT2D eigenvalue weighted by atomic mass is 79.9. The van der Waals surface area contributed by atoms with Crippen LogP contribution in [0.1, 0.15) is 12.8 Å². The molecule has 136 valence electrons. The van der Waals surface area contributed by atoms with Crippen molar-refractivity contribution in [2.45, 2.75) is 18.9 Å². The highest BCUT2D eigenvalue weighted by Gasteiger charge is 2.36. The highest BCUT2D eigenvalue weighted by Crippen LogP contribution is 2.26. The number of ether oxygens (including phenoxy) is 1. The van der Waals surface area contributed by atoms with Crippen LogP contribution >= 0.6 is 27.7 Å². The summed E-state index contributed by atoms with van der Waals surface area (Å²) in [4.78, 5) is 38.2. The summed E-state index contributed by atoms with van der Waals surface area (Å²) in [7, 11) is 1.30. The Hall–Kier alpha value is -1.54. The molecule has 0 radical (unpaired) electrons. The molecule has 1 saturated heterocycles. The zero-order valence-corrected chi connectivity index (χ0v) is 16.6. The zero-order chi connectivity index (χ0) is 18.4. The molecule has 1 aliphatic rings. The van der Waals surface area contributed by atoms with E-state index >= 15 is 0 Å². The largest absolute Gasteiger partial charge is 0.467 e. The second-order valence-corrected chi connectivity index (χ2v) is 7.65. The maximum Gasteiger partial charge on any atom is 0.328 e. The van der Waals surface area contributed by atoms with E-state index in [4.69, 9.17) is 4.74 Å². The quantitative estimate of drug-likeness (QED) is 0.673. The number of amides is 2. The smallest absolute Gasteiger partial charge is 0.328 e. The molecule has 1 fully saturated rings. The van der Waals surface area contributed by atoms with Crippen LogP contribution in [0.3, 0.4) is 0 Å². The summed E-state index contributed by atoms with van der Waals surface area (Å²) >= 11 is 4.95. The Morgan fingerprint density at radius 3 is 2.68 bits per heavy atom. The number of benzene rings is 1. The van der Waals surface area contributed by atoms with Gasteiger partial charge in [-0.3, -0.25) is 9.59 Å². The lowest BCUT2D eigenvalue weighted by atomic mass is 10.1. The summed E-state index contributed by atoms with van der Waals surface area (Å²) in [5.41, 5.74) is 0.760. The number of halogens is 1. The fourth-order valence-corrected chi connectivity index (χ4v) is 3.41. The van der Waals surface area contributed by atoms with Gasteiger partial charge in [-0.25, -0.2) is 4.79 Å². The van der Waals surface area contributed by atoms with E-state index in [2.05, 4.69) is 21.2 Å². The van der Waals surface area contributed by atoms with E-state index in [-0.39, 0.29) is 18.2 Å². The summed E-state index contributed by atoms with van der Waals surface area (Å²) in [6.45, 7) is 0.308. The molecule has 1 aliphatic heterocycles. The van der Waals surface area contributed by atoms with Crippen LogP contribution in [0.4, 0.5) is 5.69 Å². The van der Waals surface area contributed by atoms with Gasteiger partial charge in [0.2, 0.25) is 11.8 Å². The lowest BCUT2D eigenvalue weighted by molar-refractivity contribution is -0.145. The Balaban J connectivity index is 2.01. The SMILES string of the molecule is COC(=O)[C@@H](CCSC)NC(=O)[C@H]1CC(=O)N(c2ccc(Br)cc2)C1. The summed E-state index contributed by atoms with van der Waals surface area (Å²) in [6.07, 6.45) is 2.57. The average molecular weight is 429 g/mol. The van der Waals surface area contributed by atoms with E-state index in [1.165, 1.54) is 7.11 Å². The van der Waals surface area contributed by atoms with Gasteiger partial charge in [0.25, 0.3) is 0 Å². The van der Waals surface area contributed by atoms with Crippen LogP contribution in [0.5, 0.6) is 0 Å². The van der Waals surface area contributed by atoms with Gasteiger partial charge in [-0.05, 0) is 42.7 Å². The number of nitrogens with one attached hydrogen (secondary N) is 1. The zero-order valence-electron chi connectivity index (χ0n) is 14.2. The molecule has 6 nitrogen and oxygen atoms in total. The van der Waals surface area contributed by atoms with Gasteiger partial charge in [-0.15, -0.1) is 0 Å². The van der Waals surface area contributed by atoms with Crippen LogP contribution < -0.4 is 10.2 Å². The standard InChI is InChI=1S/C17H21BrN2O4S/c1-24-17(23)14(7-8-25-2)19-16(22)11-9-15(21)20(10-11)13-5-3-12(18)4-6-13/h3-6,11,14H,7-10H2,1-2H3,(H,19,22)/t11-,14+/m0/s1. The minimum atomic E-state index is -0.679. The first-order chi connectivity index (χ1) is 12.0. The lowest BCUT2D eigenvalue weighted by Crippen LogP contribution is -2.45. The van der Waals surface area contributed by atoms with Gasteiger partial charge >= 0.3 is 5.97 Å². The number of methoxy groups -OCH3 is 1. The van der Waals surface area contributed by atoms with Gasteiger partial charge in [0.1, 0.15) is 6.04 Å².